The van der Waals surface area contributed by atoms with Crippen molar-refractivity contribution in [3.05, 3.63) is 77.7 Å². The summed E-state index contributed by atoms with van der Waals surface area (Å²) in [5.41, 5.74) is 2.03. The van der Waals surface area contributed by atoms with E-state index in [2.05, 4.69) is 5.10 Å². The molecular formula is C23H22N2O5. The average molecular weight is 406 g/mol. The van der Waals surface area contributed by atoms with E-state index in [4.69, 9.17) is 18.6 Å². The molecule has 1 atom stereocenters. The third kappa shape index (κ3) is 3.50. The minimum Gasteiger partial charge on any atom is -0.496 e. The molecule has 0 bridgehead atoms. The first-order chi connectivity index (χ1) is 14.7. The van der Waals surface area contributed by atoms with E-state index < -0.39 is 0 Å². The second-order valence-corrected chi connectivity index (χ2v) is 6.71. The summed E-state index contributed by atoms with van der Waals surface area (Å²) in [6, 6.07) is 16.4. The Labute approximate surface area is 174 Å². The van der Waals surface area contributed by atoms with E-state index >= 15 is 0 Å². The largest absolute Gasteiger partial charge is 0.496 e. The summed E-state index contributed by atoms with van der Waals surface area (Å²) in [6.07, 6.45) is 2.14. The number of nitrogens with zero attached hydrogens (tertiary/aromatic N) is 2. The number of hydrogen-bond acceptors (Lipinski definition) is 6. The fourth-order valence-electron chi connectivity index (χ4n) is 3.54. The van der Waals surface area contributed by atoms with Crippen LogP contribution in [0.3, 0.4) is 0 Å². The molecule has 2 heterocycles. The maximum Gasteiger partial charge on any atom is 0.278 e. The lowest BCUT2D eigenvalue weighted by molar-refractivity contribution is 0.0707. The van der Waals surface area contributed by atoms with E-state index in [0.717, 1.165) is 5.56 Å². The van der Waals surface area contributed by atoms with Crippen LogP contribution in [0.2, 0.25) is 0 Å². The van der Waals surface area contributed by atoms with Crippen molar-refractivity contribution >= 4 is 11.6 Å². The number of ether oxygens (including phenoxy) is 3. The van der Waals surface area contributed by atoms with Crippen LogP contribution in [0.15, 0.2) is 70.4 Å². The van der Waals surface area contributed by atoms with Crippen molar-refractivity contribution < 1.29 is 23.4 Å². The Morgan fingerprint density at radius 2 is 1.67 bits per heavy atom. The topological polar surface area (TPSA) is 73.5 Å². The maximum absolute atomic E-state index is 13.6. The van der Waals surface area contributed by atoms with Crippen molar-refractivity contribution in [2.45, 2.75) is 12.5 Å². The number of benzene rings is 2. The Kier molecular flexibility index (Phi) is 5.43. The van der Waals surface area contributed by atoms with Gasteiger partial charge in [0.05, 0.1) is 39.2 Å². The molecular weight excluding hydrogens is 384 g/mol. The van der Waals surface area contributed by atoms with Crippen molar-refractivity contribution in [2.75, 3.05) is 21.3 Å². The molecule has 0 aliphatic carbocycles. The van der Waals surface area contributed by atoms with Crippen LogP contribution < -0.4 is 14.2 Å². The van der Waals surface area contributed by atoms with Crippen LogP contribution in [0, 0.1) is 0 Å². The van der Waals surface area contributed by atoms with Crippen LogP contribution in [0.5, 0.6) is 17.2 Å². The second kappa shape index (κ2) is 8.32. The molecule has 1 aliphatic heterocycles. The molecule has 1 unspecified atom stereocenters. The van der Waals surface area contributed by atoms with Gasteiger partial charge < -0.3 is 18.6 Å². The monoisotopic (exact) mass is 406 g/mol. The second-order valence-electron chi connectivity index (χ2n) is 6.71. The minimum atomic E-state index is -0.303. The van der Waals surface area contributed by atoms with Crippen LogP contribution >= 0.6 is 0 Å². The molecule has 1 aliphatic rings. The Balaban J connectivity index is 1.78. The lowest BCUT2D eigenvalue weighted by Crippen LogP contribution is -2.27. The van der Waals surface area contributed by atoms with E-state index in [0.29, 0.717) is 40.7 Å². The summed E-state index contributed by atoms with van der Waals surface area (Å²) in [6.45, 7) is 0. The highest BCUT2D eigenvalue weighted by atomic mass is 16.5. The fraction of sp³-hybridized carbons (Fsp3) is 0.217. The fourth-order valence-corrected chi connectivity index (χ4v) is 3.54. The summed E-state index contributed by atoms with van der Waals surface area (Å²) >= 11 is 0. The molecule has 154 valence electrons. The predicted molar refractivity (Wildman–Crippen MR) is 111 cm³/mol. The van der Waals surface area contributed by atoms with Crippen LogP contribution in [-0.4, -0.2) is 38.0 Å². The highest BCUT2D eigenvalue weighted by molar-refractivity contribution is 6.04. The zero-order valence-electron chi connectivity index (χ0n) is 17.0. The molecule has 0 fully saturated rings. The van der Waals surface area contributed by atoms with Gasteiger partial charge in [-0.1, -0.05) is 30.3 Å². The standard InChI is InChI=1S/C23H22N2O5/c1-27-20-14-22(29-3)21(28-2)12-16(20)23(26)25-18(15-8-5-4-6-9-15)13-17(24-25)19-10-7-11-30-19/h4-12,14,18H,13H2,1-3H3. The minimum absolute atomic E-state index is 0.267. The zero-order chi connectivity index (χ0) is 21.1. The Morgan fingerprint density at radius 3 is 2.30 bits per heavy atom. The third-order valence-electron chi connectivity index (χ3n) is 5.04. The molecule has 0 saturated heterocycles. The quantitative estimate of drug-likeness (QED) is 0.610. The SMILES string of the molecule is COc1cc(OC)c(C(=O)N2N=C(c3ccco3)CC2c2ccccc2)cc1OC. The normalized spacial score (nSPS) is 15.6. The maximum atomic E-state index is 13.6. The number of methoxy groups -OCH3 is 3. The average Bonchev–Trinajstić information content (AvgIpc) is 3.48. The summed E-state index contributed by atoms with van der Waals surface area (Å²) in [4.78, 5) is 13.6. The molecule has 0 radical (unpaired) electrons. The number of amides is 1. The van der Waals surface area contributed by atoms with E-state index in [-0.39, 0.29) is 11.9 Å². The summed E-state index contributed by atoms with van der Waals surface area (Å²) in [5.74, 6) is 1.64. The van der Waals surface area contributed by atoms with Crippen LogP contribution in [-0.2, 0) is 0 Å². The molecule has 7 nitrogen and oxygen atoms in total. The molecule has 0 N–H and O–H groups in total. The van der Waals surface area contributed by atoms with Crippen molar-refractivity contribution in [2.24, 2.45) is 5.10 Å². The Hall–Kier alpha value is -3.74. The lowest BCUT2D eigenvalue weighted by atomic mass is 10.0. The van der Waals surface area contributed by atoms with Crippen LogP contribution in [0.25, 0.3) is 0 Å². The van der Waals surface area contributed by atoms with Gasteiger partial charge in [0, 0.05) is 18.6 Å². The first-order valence-corrected chi connectivity index (χ1v) is 9.46. The van der Waals surface area contributed by atoms with Gasteiger partial charge in [-0.05, 0) is 17.7 Å². The molecule has 7 heteroatoms. The van der Waals surface area contributed by atoms with Gasteiger partial charge in [-0.25, -0.2) is 5.01 Å². The predicted octanol–water partition coefficient (Wildman–Crippen LogP) is 4.30. The van der Waals surface area contributed by atoms with E-state index in [1.54, 1.807) is 24.5 Å². The van der Waals surface area contributed by atoms with E-state index in [1.165, 1.54) is 26.3 Å². The van der Waals surface area contributed by atoms with Gasteiger partial charge in [0.15, 0.2) is 11.5 Å². The van der Waals surface area contributed by atoms with Gasteiger partial charge in [-0.2, -0.15) is 5.10 Å². The van der Waals surface area contributed by atoms with Gasteiger partial charge >= 0.3 is 0 Å². The molecule has 0 spiro atoms. The van der Waals surface area contributed by atoms with Crippen molar-refractivity contribution in [1.82, 2.24) is 5.01 Å². The van der Waals surface area contributed by atoms with Crippen molar-refractivity contribution in [1.29, 1.82) is 0 Å². The molecule has 1 aromatic heterocycles. The smallest absolute Gasteiger partial charge is 0.278 e. The van der Waals surface area contributed by atoms with Gasteiger partial charge in [0.2, 0.25) is 0 Å². The molecule has 2 aromatic carbocycles. The first-order valence-electron chi connectivity index (χ1n) is 9.46. The number of carbonyl (C=O) groups is 1. The molecule has 4 rings (SSSR count). The number of carbonyl (C=O) groups excluding carboxylic acids is 1. The zero-order valence-corrected chi connectivity index (χ0v) is 17.0. The number of hydrazone groups is 1. The molecule has 3 aromatic rings. The van der Waals surface area contributed by atoms with Crippen molar-refractivity contribution in [3.63, 3.8) is 0 Å². The van der Waals surface area contributed by atoms with Gasteiger partial charge in [0.1, 0.15) is 17.2 Å². The van der Waals surface area contributed by atoms with Crippen LogP contribution in [0.1, 0.15) is 34.1 Å². The number of rotatable bonds is 6. The van der Waals surface area contributed by atoms with Gasteiger partial charge in [0.25, 0.3) is 5.91 Å². The Bertz CT molecular complexity index is 1060. The highest BCUT2D eigenvalue weighted by Crippen LogP contribution is 2.39. The first kappa shape index (κ1) is 19.6. The Morgan fingerprint density at radius 1 is 0.967 bits per heavy atom. The van der Waals surface area contributed by atoms with Crippen LogP contribution in [0.4, 0.5) is 0 Å². The van der Waals surface area contributed by atoms with Gasteiger partial charge in [-0.3, -0.25) is 4.79 Å². The number of furan rings is 1. The summed E-state index contributed by atoms with van der Waals surface area (Å²) < 4.78 is 21.7. The number of hydrogen-bond donors (Lipinski definition) is 0. The lowest BCUT2D eigenvalue weighted by Gasteiger charge is -2.23. The van der Waals surface area contributed by atoms with E-state index in [9.17, 15) is 4.79 Å². The van der Waals surface area contributed by atoms with Gasteiger partial charge in [-0.15, -0.1) is 0 Å². The van der Waals surface area contributed by atoms with E-state index in [1.807, 2.05) is 36.4 Å². The molecule has 0 saturated carbocycles. The molecule has 1 amide bonds. The summed E-state index contributed by atoms with van der Waals surface area (Å²) in [5, 5.41) is 6.10. The third-order valence-corrected chi connectivity index (χ3v) is 5.04. The van der Waals surface area contributed by atoms with Crippen molar-refractivity contribution in [3.8, 4) is 17.2 Å². The highest BCUT2D eigenvalue weighted by Gasteiger charge is 2.36. The molecule has 30 heavy (non-hydrogen) atoms. The summed E-state index contributed by atoms with van der Waals surface area (Å²) in [7, 11) is 4.56.